The zero-order valence-corrected chi connectivity index (χ0v) is 25.3. The maximum absolute atomic E-state index is 13.4. The van der Waals surface area contributed by atoms with Gasteiger partial charge in [0.25, 0.3) is 11.5 Å². The Bertz CT molecular complexity index is 1730. The molecule has 0 unspecified atom stereocenters. The van der Waals surface area contributed by atoms with E-state index < -0.39 is 29.2 Å². The molecule has 0 radical (unpaired) electrons. The summed E-state index contributed by atoms with van der Waals surface area (Å²) < 4.78 is 7.98. The number of aromatic nitrogens is 2. The van der Waals surface area contributed by atoms with Crippen LogP contribution in [0, 0.1) is 5.92 Å². The highest BCUT2D eigenvalue weighted by Gasteiger charge is 2.26. The maximum atomic E-state index is 13.4. The van der Waals surface area contributed by atoms with Gasteiger partial charge < -0.3 is 15.4 Å². The third-order valence-electron chi connectivity index (χ3n) is 6.69. The Balaban J connectivity index is 1.64. The third-order valence-corrected chi connectivity index (χ3v) is 7.32. The minimum absolute atomic E-state index is 0.0578. The molecular weight excluding hydrogens is 579 g/mol. The van der Waals surface area contributed by atoms with Crippen LogP contribution in [-0.4, -0.2) is 40.7 Å². The molecule has 0 aliphatic heterocycles. The van der Waals surface area contributed by atoms with E-state index in [0.29, 0.717) is 28.7 Å². The number of halogens is 2. The Morgan fingerprint density at radius 3 is 2.21 bits per heavy atom. The number of ether oxygens (including phenoxy) is 1. The van der Waals surface area contributed by atoms with Crippen LogP contribution in [-0.2, 0) is 29.5 Å². The van der Waals surface area contributed by atoms with Crippen molar-refractivity contribution in [1.29, 1.82) is 0 Å². The molecule has 11 heteroatoms. The van der Waals surface area contributed by atoms with Crippen molar-refractivity contribution < 1.29 is 14.3 Å². The van der Waals surface area contributed by atoms with Crippen LogP contribution in [0.2, 0.25) is 10.0 Å². The van der Waals surface area contributed by atoms with Crippen LogP contribution in [0.5, 0.6) is 0 Å². The molecule has 1 atom stereocenters. The van der Waals surface area contributed by atoms with Gasteiger partial charge in [-0.2, -0.15) is 0 Å². The lowest BCUT2D eigenvalue weighted by atomic mass is 10.0. The number of hydrogen-bond acceptors (Lipinski definition) is 6. The molecule has 0 aliphatic rings. The van der Waals surface area contributed by atoms with E-state index in [2.05, 4.69) is 10.6 Å². The van der Waals surface area contributed by atoms with E-state index >= 15 is 0 Å². The van der Waals surface area contributed by atoms with Crippen molar-refractivity contribution in [2.45, 2.75) is 32.9 Å². The van der Waals surface area contributed by atoms with Crippen molar-refractivity contribution in [3.05, 3.63) is 108 Å². The van der Waals surface area contributed by atoms with Crippen molar-refractivity contribution in [2.24, 2.45) is 13.0 Å². The Morgan fingerprint density at radius 2 is 1.60 bits per heavy atom. The normalized spacial score (nSPS) is 12.0. The van der Waals surface area contributed by atoms with Gasteiger partial charge in [-0.05, 0) is 60.5 Å². The van der Waals surface area contributed by atoms with Crippen molar-refractivity contribution in [3.63, 3.8) is 0 Å². The fraction of sp³-hybridized carbons (Fsp3) is 0.290. The fourth-order valence-electron chi connectivity index (χ4n) is 4.54. The summed E-state index contributed by atoms with van der Waals surface area (Å²) in [7, 11) is 3.45. The Labute approximate surface area is 253 Å². The summed E-state index contributed by atoms with van der Waals surface area (Å²) in [5.74, 6) is -1.13. The molecule has 0 bridgehead atoms. The van der Waals surface area contributed by atoms with Crippen LogP contribution in [0.25, 0.3) is 16.6 Å². The molecule has 1 heterocycles. The predicted molar refractivity (Wildman–Crippen MR) is 165 cm³/mol. The number of amides is 1. The summed E-state index contributed by atoms with van der Waals surface area (Å²) in [6.07, 6.45) is 0.0872. The second-order valence-corrected chi connectivity index (χ2v) is 11.2. The molecule has 4 rings (SSSR count). The lowest BCUT2D eigenvalue weighted by molar-refractivity contribution is -0.147. The number of fused-ring (bicyclic) bond motifs is 1. The smallest absolute Gasteiger partial charge is 0.335 e. The topological polar surface area (TPSA) is 111 Å². The molecule has 3 aromatic carbocycles. The first kappa shape index (κ1) is 31.0. The number of hydrogen-bond donors (Lipinski definition) is 2. The summed E-state index contributed by atoms with van der Waals surface area (Å²) >= 11 is 12.4. The minimum atomic E-state index is -1.04. The summed E-state index contributed by atoms with van der Waals surface area (Å²) in [6, 6.07) is 15.7. The number of carbonyl (C=O) groups is 2. The Kier molecular flexibility index (Phi) is 9.88. The van der Waals surface area contributed by atoms with Gasteiger partial charge in [0.05, 0.1) is 38.8 Å². The number of nitrogens with zero attached hydrogens (tertiary/aromatic N) is 2. The highest BCUT2D eigenvalue weighted by Crippen LogP contribution is 2.24. The Hall–Kier alpha value is -3.92. The molecule has 0 saturated heterocycles. The highest BCUT2D eigenvalue weighted by molar-refractivity contribution is 6.39. The summed E-state index contributed by atoms with van der Waals surface area (Å²) in [4.78, 5) is 52.7. The van der Waals surface area contributed by atoms with Gasteiger partial charge in [0.2, 0.25) is 0 Å². The number of rotatable bonds is 10. The molecule has 0 spiro atoms. The quantitative estimate of drug-likeness (QED) is 0.260. The molecule has 0 aliphatic carbocycles. The molecule has 0 saturated carbocycles. The first-order valence-corrected chi connectivity index (χ1v) is 14.2. The lowest BCUT2D eigenvalue weighted by Gasteiger charge is -2.19. The van der Waals surface area contributed by atoms with Crippen molar-refractivity contribution >= 4 is 46.0 Å². The molecular formula is C31H32Cl2N4O5. The third kappa shape index (κ3) is 6.75. The number of benzene rings is 3. The van der Waals surface area contributed by atoms with E-state index in [1.807, 2.05) is 33.0 Å². The van der Waals surface area contributed by atoms with Gasteiger partial charge in [0.1, 0.15) is 6.04 Å². The van der Waals surface area contributed by atoms with Gasteiger partial charge >= 0.3 is 11.7 Å². The zero-order valence-electron chi connectivity index (χ0n) is 23.7. The maximum Gasteiger partial charge on any atom is 0.335 e. The van der Waals surface area contributed by atoms with Crippen LogP contribution in [0.1, 0.15) is 35.3 Å². The number of esters is 1. The summed E-state index contributed by atoms with van der Waals surface area (Å²) in [5.41, 5.74) is 1.67. The van der Waals surface area contributed by atoms with Crippen LogP contribution >= 0.6 is 23.2 Å². The lowest BCUT2D eigenvalue weighted by Crippen LogP contribution is -2.44. The van der Waals surface area contributed by atoms with Crippen LogP contribution in [0.15, 0.2) is 70.3 Å². The SMILES string of the molecule is CNCc1ccc2c(=O)n(-c3ccc(C[C@H](NC(=O)c4c(Cl)cccc4Cl)C(=O)OCC(C)C)cc3)c(=O)n(C)c2c1. The van der Waals surface area contributed by atoms with Gasteiger partial charge in [-0.3, -0.25) is 14.2 Å². The van der Waals surface area contributed by atoms with Gasteiger partial charge in [0.15, 0.2) is 0 Å². The molecule has 42 heavy (non-hydrogen) atoms. The summed E-state index contributed by atoms with van der Waals surface area (Å²) in [6.45, 7) is 4.60. The zero-order chi connectivity index (χ0) is 30.6. The molecule has 9 nitrogen and oxygen atoms in total. The monoisotopic (exact) mass is 610 g/mol. The predicted octanol–water partition coefficient (Wildman–Crippen LogP) is 4.26. The van der Waals surface area contributed by atoms with Crippen LogP contribution < -0.4 is 21.9 Å². The number of nitrogens with one attached hydrogen (secondary N) is 2. The van der Waals surface area contributed by atoms with E-state index in [1.54, 1.807) is 43.4 Å². The van der Waals surface area contributed by atoms with Gasteiger partial charge in [-0.25, -0.2) is 14.2 Å². The molecule has 4 aromatic rings. The minimum Gasteiger partial charge on any atom is -0.464 e. The molecule has 1 amide bonds. The van der Waals surface area contributed by atoms with Crippen LogP contribution in [0.3, 0.4) is 0 Å². The van der Waals surface area contributed by atoms with Gasteiger partial charge in [0, 0.05) is 20.0 Å². The van der Waals surface area contributed by atoms with E-state index in [4.69, 9.17) is 27.9 Å². The fourth-order valence-corrected chi connectivity index (χ4v) is 5.11. The number of carbonyl (C=O) groups excluding carboxylic acids is 2. The van der Waals surface area contributed by atoms with Crippen molar-refractivity contribution in [1.82, 2.24) is 19.8 Å². The van der Waals surface area contributed by atoms with E-state index in [9.17, 15) is 19.2 Å². The first-order chi connectivity index (χ1) is 20.0. The van der Waals surface area contributed by atoms with Gasteiger partial charge in [-0.1, -0.05) is 61.3 Å². The van der Waals surface area contributed by atoms with Crippen molar-refractivity contribution in [2.75, 3.05) is 13.7 Å². The molecule has 2 N–H and O–H groups in total. The largest absolute Gasteiger partial charge is 0.464 e. The first-order valence-electron chi connectivity index (χ1n) is 13.4. The average molecular weight is 612 g/mol. The summed E-state index contributed by atoms with van der Waals surface area (Å²) in [5, 5.41) is 6.47. The molecule has 1 aromatic heterocycles. The van der Waals surface area contributed by atoms with Crippen molar-refractivity contribution in [3.8, 4) is 5.69 Å². The standard InChI is InChI=1S/C31H32Cl2N4O5/c1-18(2)17-42-30(40)25(35-28(38)27-23(32)6-5-7-24(27)33)14-19-8-11-21(12-9-19)37-29(39)22-13-10-20(16-34-3)15-26(22)36(4)31(37)41/h5-13,15,18,25,34H,14,16-17H2,1-4H3,(H,35,38)/t25-/m0/s1. The van der Waals surface area contributed by atoms with Crippen LogP contribution in [0.4, 0.5) is 0 Å². The number of aryl methyl sites for hydroxylation is 1. The second-order valence-electron chi connectivity index (χ2n) is 10.4. The molecule has 0 fully saturated rings. The van der Waals surface area contributed by atoms with E-state index in [1.165, 1.54) is 16.7 Å². The van der Waals surface area contributed by atoms with E-state index in [-0.39, 0.29) is 34.6 Å². The van der Waals surface area contributed by atoms with E-state index in [0.717, 1.165) is 10.1 Å². The average Bonchev–Trinajstić information content (AvgIpc) is 2.95. The highest BCUT2D eigenvalue weighted by atomic mass is 35.5. The second kappa shape index (κ2) is 13.4. The molecule has 220 valence electrons. The van der Waals surface area contributed by atoms with Gasteiger partial charge in [-0.15, -0.1) is 0 Å². The Morgan fingerprint density at radius 1 is 0.952 bits per heavy atom.